The van der Waals surface area contributed by atoms with Crippen LogP contribution in [0.15, 0.2) is 45.3 Å². The van der Waals surface area contributed by atoms with Crippen molar-refractivity contribution in [1.82, 2.24) is 0 Å². The third-order valence-electron chi connectivity index (χ3n) is 2.45. The number of halogens is 2. The predicted molar refractivity (Wildman–Crippen MR) is 82.6 cm³/mol. The minimum absolute atomic E-state index is 0.0297. The molecule has 3 N–H and O–H groups in total. The van der Waals surface area contributed by atoms with Crippen molar-refractivity contribution >= 4 is 54.6 Å². The van der Waals surface area contributed by atoms with E-state index in [1.54, 1.807) is 6.07 Å². The van der Waals surface area contributed by atoms with E-state index >= 15 is 0 Å². The second-order valence-electron chi connectivity index (χ2n) is 3.78. The van der Waals surface area contributed by atoms with E-state index in [9.17, 15) is 10.1 Å². The molecule has 0 aromatic heterocycles. The summed E-state index contributed by atoms with van der Waals surface area (Å²) in [6, 6.07) is 9.97. The molecule has 0 saturated carbocycles. The number of non-ortho nitro benzene ring substituents is 1. The van der Waals surface area contributed by atoms with Gasteiger partial charge in [0.15, 0.2) is 0 Å². The maximum atomic E-state index is 10.6. The van der Waals surface area contributed by atoms with E-state index in [4.69, 9.17) is 5.73 Å². The Morgan fingerprint density at radius 3 is 2.37 bits per heavy atom. The number of nitrogens with one attached hydrogen (secondary N) is 1. The van der Waals surface area contributed by atoms with Gasteiger partial charge in [-0.05, 0) is 40.2 Å². The molecule has 2 aromatic rings. The van der Waals surface area contributed by atoms with Crippen LogP contribution in [0.1, 0.15) is 0 Å². The lowest BCUT2D eigenvalue weighted by molar-refractivity contribution is -0.384. The van der Waals surface area contributed by atoms with Gasteiger partial charge < -0.3 is 11.1 Å². The highest BCUT2D eigenvalue weighted by molar-refractivity contribution is 9.11. The molecule has 0 spiro atoms. The molecule has 0 bridgehead atoms. The Morgan fingerprint density at radius 2 is 1.79 bits per heavy atom. The summed E-state index contributed by atoms with van der Waals surface area (Å²) >= 11 is 6.79. The molecule has 0 aliphatic carbocycles. The number of nitrogen functional groups attached to an aromatic ring is 1. The van der Waals surface area contributed by atoms with Gasteiger partial charge in [0.05, 0.1) is 22.0 Å². The van der Waals surface area contributed by atoms with Crippen LogP contribution < -0.4 is 11.1 Å². The van der Waals surface area contributed by atoms with Crippen LogP contribution in [-0.2, 0) is 0 Å². The molecule has 2 rings (SSSR count). The lowest BCUT2D eigenvalue weighted by Gasteiger charge is -2.11. The highest BCUT2D eigenvalue weighted by atomic mass is 79.9. The highest BCUT2D eigenvalue weighted by Gasteiger charge is 2.09. The van der Waals surface area contributed by atoms with Crippen molar-refractivity contribution in [3.8, 4) is 0 Å². The molecule has 19 heavy (non-hydrogen) atoms. The summed E-state index contributed by atoms with van der Waals surface area (Å²) in [7, 11) is 0. The Morgan fingerprint density at radius 1 is 1.11 bits per heavy atom. The van der Waals surface area contributed by atoms with Gasteiger partial charge in [-0.3, -0.25) is 10.1 Å². The summed E-state index contributed by atoms with van der Waals surface area (Å²) in [4.78, 5) is 10.2. The molecule has 0 atom stereocenters. The van der Waals surface area contributed by atoms with Gasteiger partial charge in [0.1, 0.15) is 0 Å². The van der Waals surface area contributed by atoms with Gasteiger partial charge in [0, 0.05) is 21.1 Å². The zero-order valence-corrected chi connectivity index (χ0v) is 12.7. The molecule has 0 unspecified atom stereocenters. The summed E-state index contributed by atoms with van der Waals surface area (Å²) < 4.78 is 1.81. The standard InChI is InChI=1S/C12H9Br2N3O2/c13-7-1-3-11(9(14)5-7)16-12-4-2-8(17(18)19)6-10(12)15/h1-6,16H,15H2. The van der Waals surface area contributed by atoms with E-state index in [2.05, 4.69) is 37.2 Å². The van der Waals surface area contributed by atoms with Crippen LogP contribution in [0.25, 0.3) is 0 Å². The fraction of sp³-hybridized carbons (Fsp3) is 0. The van der Waals surface area contributed by atoms with Crippen LogP contribution in [0.3, 0.4) is 0 Å². The number of nitro groups is 1. The molecule has 0 aliphatic heterocycles. The maximum absolute atomic E-state index is 10.6. The van der Waals surface area contributed by atoms with Gasteiger partial charge in [-0.1, -0.05) is 15.9 Å². The van der Waals surface area contributed by atoms with E-state index in [-0.39, 0.29) is 5.69 Å². The minimum atomic E-state index is -0.477. The SMILES string of the molecule is Nc1cc([N+](=O)[O-])ccc1Nc1ccc(Br)cc1Br. The third kappa shape index (κ3) is 3.24. The molecular weight excluding hydrogens is 378 g/mol. The van der Waals surface area contributed by atoms with Crippen molar-refractivity contribution in [2.45, 2.75) is 0 Å². The normalized spacial score (nSPS) is 10.2. The number of nitro benzene ring substituents is 1. The second kappa shape index (κ2) is 5.58. The lowest BCUT2D eigenvalue weighted by atomic mass is 10.2. The van der Waals surface area contributed by atoms with E-state index < -0.39 is 4.92 Å². The van der Waals surface area contributed by atoms with Gasteiger partial charge in [-0.2, -0.15) is 0 Å². The van der Waals surface area contributed by atoms with Gasteiger partial charge in [-0.25, -0.2) is 0 Å². The van der Waals surface area contributed by atoms with Crippen LogP contribution in [0, 0.1) is 10.1 Å². The third-order valence-corrected chi connectivity index (χ3v) is 3.60. The zero-order chi connectivity index (χ0) is 14.0. The fourth-order valence-corrected chi connectivity index (χ4v) is 2.66. The van der Waals surface area contributed by atoms with Gasteiger partial charge in [0.2, 0.25) is 0 Å². The summed E-state index contributed by atoms with van der Waals surface area (Å²) in [6.45, 7) is 0. The molecule has 2 aromatic carbocycles. The molecule has 5 nitrogen and oxygen atoms in total. The average molecular weight is 387 g/mol. The van der Waals surface area contributed by atoms with Crippen molar-refractivity contribution in [2.24, 2.45) is 0 Å². The quantitative estimate of drug-likeness (QED) is 0.464. The van der Waals surface area contributed by atoms with Crippen molar-refractivity contribution in [2.75, 3.05) is 11.1 Å². The first-order valence-corrected chi connectivity index (χ1v) is 6.82. The van der Waals surface area contributed by atoms with Crippen LogP contribution in [0.5, 0.6) is 0 Å². The average Bonchev–Trinajstić information content (AvgIpc) is 2.34. The summed E-state index contributed by atoms with van der Waals surface area (Å²) in [5.74, 6) is 0. The first-order chi connectivity index (χ1) is 8.97. The molecular formula is C12H9Br2N3O2. The topological polar surface area (TPSA) is 81.2 Å². The molecule has 0 fully saturated rings. The van der Waals surface area contributed by atoms with E-state index in [0.29, 0.717) is 11.4 Å². The molecule has 0 heterocycles. The number of hydrogen-bond donors (Lipinski definition) is 2. The molecule has 98 valence electrons. The van der Waals surface area contributed by atoms with Crippen LogP contribution in [-0.4, -0.2) is 4.92 Å². The smallest absolute Gasteiger partial charge is 0.271 e. The monoisotopic (exact) mass is 385 g/mol. The Kier molecular flexibility index (Phi) is 4.06. The molecule has 0 amide bonds. The fourth-order valence-electron chi connectivity index (χ4n) is 1.51. The number of rotatable bonds is 3. The van der Waals surface area contributed by atoms with Crippen LogP contribution in [0.4, 0.5) is 22.7 Å². The lowest BCUT2D eigenvalue weighted by Crippen LogP contribution is -1.98. The Bertz CT molecular complexity index is 647. The van der Waals surface area contributed by atoms with E-state index in [1.165, 1.54) is 12.1 Å². The second-order valence-corrected chi connectivity index (χ2v) is 5.55. The number of nitrogens with two attached hydrogens (primary N) is 1. The van der Waals surface area contributed by atoms with E-state index in [0.717, 1.165) is 14.6 Å². The molecule has 0 aliphatic rings. The number of hydrogen-bond acceptors (Lipinski definition) is 4. The molecule has 7 heteroatoms. The summed E-state index contributed by atoms with van der Waals surface area (Å²) in [5.41, 5.74) is 7.53. The Labute approximate surface area is 126 Å². The summed E-state index contributed by atoms with van der Waals surface area (Å²) in [5, 5.41) is 13.7. The summed E-state index contributed by atoms with van der Waals surface area (Å²) in [6.07, 6.45) is 0. The van der Waals surface area contributed by atoms with Crippen LogP contribution >= 0.6 is 31.9 Å². The number of nitrogens with zero attached hydrogens (tertiary/aromatic N) is 1. The molecule has 0 saturated heterocycles. The van der Waals surface area contributed by atoms with Crippen molar-refractivity contribution in [3.05, 3.63) is 55.5 Å². The first kappa shape index (κ1) is 13.8. The highest BCUT2D eigenvalue weighted by Crippen LogP contribution is 2.32. The maximum Gasteiger partial charge on any atom is 0.271 e. The Balaban J connectivity index is 2.31. The van der Waals surface area contributed by atoms with Gasteiger partial charge in [0.25, 0.3) is 5.69 Å². The van der Waals surface area contributed by atoms with Gasteiger partial charge in [-0.15, -0.1) is 0 Å². The number of benzene rings is 2. The number of anilines is 3. The van der Waals surface area contributed by atoms with Crippen molar-refractivity contribution < 1.29 is 4.92 Å². The van der Waals surface area contributed by atoms with Gasteiger partial charge >= 0.3 is 0 Å². The Hall–Kier alpha value is -1.60. The van der Waals surface area contributed by atoms with E-state index in [1.807, 2.05) is 18.2 Å². The largest absolute Gasteiger partial charge is 0.397 e. The zero-order valence-electron chi connectivity index (χ0n) is 9.56. The predicted octanol–water partition coefficient (Wildman–Crippen LogP) is 4.45. The molecule has 0 radical (unpaired) electrons. The van der Waals surface area contributed by atoms with Crippen molar-refractivity contribution in [1.29, 1.82) is 0 Å². The first-order valence-electron chi connectivity index (χ1n) is 5.23. The minimum Gasteiger partial charge on any atom is -0.397 e. The van der Waals surface area contributed by atoms with Crippen molar-refractivity contribution in [3.63, 3.8) is 0 Å². The van der Waals surface area contributed by atoms with Crippen LogP contribution in [0.2, 0.25) is 0 Å².